The summed E-state index contributed by atoms with van der Waals surface area (Å²) in [6, 6.07) is 20.0. The molecule has 0 spiro atoms. The molecule has 2 heterocycles. The average molecular weight is 724 g/mol. The van der Waals surface area contributed by atoms with Gasteiger partial charge in [-0.05, 0) is 75.2 Å². The summed E-state index contributed by atoms with van der Waals surface area (Å²) in [7, 11) is -0.791. The first-order valence-corrected chi connectivity index (χ1v) is 18.2. The van der Waals surface area contributed by atoms with Crippen molar-refractivity contribution in [2.75, 3.05) is 43.8 Å². The van der Waals surface area contributed by atoms with Crippen molar-refractivity contribution >= 4 is 33.4 Å². The second-order valence-corrected chi connectivity index (χ2v) is 15.9. The van der Waals surface area contributed by atoms with Gasteiger partial charge in [0.25, 0.3) is 0 Å². The Bertz CT molecular complexity index is 2220. The fraction of sp³-hybridized carbons (Fsp3) is 0.342. The molecule has 0 fully saturated rings. The largest absolute Gasteiger partial charge is 0.497 e. The van der Waals surface area contributed by atoms with E-state index in [4.69, 9.17) is 19.2 Å². The van der Waals surface area contributed by atoms with E-state index in [0.29, 0.717) is 50.8 Å². The van der Waals surface area contributed by atoms with E-state index < -0.39 is 27.1 Å². The standard InChI is InChI=1S/C38H41N7O6S/c1-24-9-10-25(19-39)15-32(24)43-35-41-14-13-31(42-35)27-16-28(20-40)34-30(17-27)38(5,23-45(34)36(46)51-37(2,3)4)22-44(52(8,47)48)21-26-11-12-29(49-6)18-33(26)50-7/h9-18H,21-23H2,1-8H3,(H,41,42,43). The van der Waals surface area contributed by atoms with Crippen molar-refractivity contribution in [3.8, 4) is 34.9 Å². The topological polar surface area (TPSA) is 171 Å². The Kier molecular flexibility index (Phi) is 10.5. The van der Waals surface area contributed by atoms with Gasteiger partial charge >= 0.3 is 6.09 Å². The van der Waals surface area contributed by atoms with Crippen LogP contribution in [0, 0.1) is 29.6 Å². The molecule has 1 amide bonds. The lowest BCUT2D eigenvalue weighted by Crippen LogP contribution is -2.46. The third-order valence-corrected chi connectivity index (χ3v) is 9.87. The molecule has 52 heavy (non-hydrogen) atoms. The van der Waals surface area contributed by atoms with Crippen LogP contribution in [0.4, 0.5) is 22.1 Å². The van der Waals surface area contributed by atoms with Crippen LogP contribution in [0.1, 0.15) is 55.5 Å². The Morgan fingerprint density at radius 1 is 1.06 bits per heavy atom. The van der Waals surface area contributed by atoms with E-state index in [2.05, 4.69) is 22.4 Å². The molecule has 0 aliphatic carbocycles. The van der Waals surface area contributed by atoms with Gasteiger partial charge in [0.1, 0.15) is 23.2 Å². The summed E-state index contributed by atoms with van der Waals surface area (Å²) in [4.78, 5) is 24.2. The second kappa shape index (κ2) is 14.5. The van der Waals surface area contributed by atoms with Crippen molar-refractivity contribution in [3.05, 3.63) is 88.6 Å². The molecule has 0 saturated heterocycles. The van der Waals surface area contributed by atoms with E-state index >= 15 is 0 Å². The molecule has 4 aromatic rings. The van der Waals surface area contributed by atoms with E-state index in [-0.39, 0.29) is 31.1 Å². The van der Waals surface area contributed by atoms with E-state index in [9.17, 15) is 23.7 Å². The van der Waals surface area contributed by atoms with Crippen molar-refractivity contribution in [1.82, 2.24) is 14.3 Å². The van der Waals surface area contributed by atoms with Crippen LogP contribution in [0.3, 0.4) is 0 Å². The number of nitrogens with one attached hydrogen (secondary N) is 1. The summed E-state index contributed by atoms with van der Waals surface area (Å²) < 4.78 is 44.9. The number of hydrogen-bond acceptors (Lipinski definition) is 11. The van der Waals surface area contributed by atoms with Gasteiger partial charge in [0.05, 0.1) is 49.1 Å². The maximum Gasteiger partial charge on any atom is 0.414 e. The average Bonchev–Trinajstić information content (AvgIpc) is 3.39. The molecule has 5 rings (SSSR count). The molecular weight excluding hydrogens is 683 g/mol. The number of benzene rings is 3. The number of hydrogen-bond donors (Lipinski definition) is 1. The predicted octanol–water partition coefficient (Wildman–Crippen LogP) is 6.43. The molecule has 1 aliphatic heterocycles. The number of rotatable bonds is 10. The van der Waals surface area contributed by atoms with Crippen LogP contribution in [-0.2, 0) is 26.7 Å². The summed E-state index contributed by atoms with van der Waals surface area (Å²) in [5.74, 6) is 1.28. The number of anilines is 3. The molecular formula is C38H41N7O6S. The molecule has 1 aliphatic rings. The van der Waals surface area contributed by atoms with Crippen molar-refractivity contribution in [2.45, 2.75) is 52.2 Å². The smallest absolute Gasteiger partial charge is 0.414 e. The number of fused-ring (bicyclic) bond motifs is 1. The van der Waals surface area contributed by atoms with E-state index in [1.807, 2.05) is 26.0 Å². The zero-order valence-electron chi connectivity index (χ0n) is 30.4. The number of nitriles is 2. The third-order valence-electron chi connectivity index (χ3n) is 8.67. The molecule has 1 unspecified atom stereocenters. The Morgan fingerprint density at radius 3 is 2.44 bits per heavy atom. The summed E-state index contributed by atoms with van der Waals surface area (Å²) in [5.41, 5.74) is 2.94. The molecule has 1 aromatic heterocycles. The van der Waals surface area contributed by atoms with Crippen LogP contribution in [0.2, 0.25) is 0 Å². The number of ether oxygens (including phenoxy) is 3. The van der Waals surface area contributed by atoms with Crippen LogP contribution in [-0.4, -0.2) is 68.0 Å². The van der Waals surface area contributed by atoms with Crippen molar-refractivity contribution in [1.29, 1.82) is 10.5 Å². The number of amides is 1. The Morgan fingerprint density at radius 2 is 1.81 bits per heavy atom. The summed E-state index contributed by atoms with van der Waals surface area (Å²) >= 11 is 0. The molecule has 13 nitrogen and oxygen atoms in total. The first kappa shape index (κ1) is 37.6. The van der Waals surface area contributed by atoms with Crippen molar-refractivity contribution in [2.24, 2.45) is 0 Å². The molecule has 3 aromatic carbocycles. The van der Waals surface area contributed by atoms with Gasteiger partial charge in [-0.3, -0.25) is 4.90 Å². The lowest BCUT2D eigenvalue weighted by molar-refractivity contribution is 0.0577. The Balaban J connectivity index is 1.62. The fourth-order valence-corrected chi connectivity index (χ4v) is 7.01. The number of carbonyl (C=O) groups excluding carboxylic acids is 1. The van der Waals surface area contributed by atoms with Crippen LogP contribution in [0.5, 0.6) is 11.5 Å². The maximum atomic E-state index is 13.7. The second-order valence-electron chi connectivity index (χ2n) is 13.9. The monoisotopic (exact) mass is 723 g/mol. The number of sulfonamides is 1. The molecule has 0 radical (unpaired) electrons. The highest BCUT2D eigenvalue weighted by molar-refractivity contribution is 7.88. The van der Waals surface area contributed by atoms with Crippen LogP contribution < -0.4 is 19.7 Å². The molecule has 0 saturated carbocycles. The predicted molar refractivity (Wildman–Crippen MR) is 197 cm³/mol. The lowest BCUT2D eigenvalue weighted by Gasteiger charge is -2.32. The summed E-state index contributed by atoms with van der Waals surface area (Å²) in [6.45, 7) is 8.98. The molecule has 14 heteroatoms. The minimum Gasteiger partial charge on any atom is -0.497 e. The highest BCUT2D eigenvalue weighted by Crippen LogP contribution is 2.46. The van der Waals surface area contributed by atoms with Crippen molar-refractivity contribution in [3.63, 3.8) is 0 Å². The number of aromatic nitrogens is 2. The van der Waals surface area contributed by atoms with Gasteiger partial charge in [-0.1, -0.05) is 19.1 Å². The molecule has 1 atom stereocenters. The van der Waals surface area contributed by atoms with Gasteiger partial charge in [-0.15, -0.1) is 0 Å². The zero-order chi connectivity index (χ0) is 38.0. The van der Waals surface area contributed by atoms with Crippen molar-refractivity contribution < 1.29 is 27.4 Å². The number of carbonyl (C=O) groups is 1. The zero-order valence-corrected chi connectivity index (χ0v) is 31.3. The highest BCUT2D eigenvalue weighted by Gasteiger charge is 2.46. The number of methoxy groups -OCH3 is 2. The van der Waals surface area contributed by atoms with Gasteiger partial charge < -0.3 is 19.5 Å². The Hall–Kier alpha value is -5.70. The Labute approximate surface area is 304 Å². The quantitative estimate of drug-likeness (QED) is 0.191. The van der Waals surface area contributed by atoms with E-state index in [1.165, 1.54) is 23.4 Å². The van der Waals surface area contributed by atoms with Gasteiger partial charge in [0.15, 0.2) is 0 Å². The van der Waals surface area contributed by atoms with Gasteiger partial charge in [0.2, 0.25) is 16.0 Å². The first-order valence-electron chi connectivity index (χ1n) is 16.3. The number of nitrogens with zero attached hydrogens (tertiary/aromatic N) is 6. The van der Waals surface area contributed by atoms with E-state index in [1.54, 1.807) is 69.4 Å². The number of aryl methyl sites for hydroxylation is 1. The van der Waals surface area contributed by atoms with Gasteiger partial charge in [-0.25, -0.2) is 23.2 Å². The van der Waals surface area contributed by atoms with Crippen LogP contribution >= 0.6 is 0 Å². The third kappa shape index (κ3) is 8.09. The maximum absolute atomic E-state index is 13.7. The molecule has 0 bridgehead atoms. The highest BCUT2D eigenvalue weighted by atomic mass is 32.2. The van der Waals surface area contributed by atoms with Crippen LogP contribution in [0.25, 0.3) is 11.3 Å². The lowest BCUT2D eigenvalue weighted by atomic mass is 9.82. The van der Waals surface area contributed by atoms with Gasteiger partial charge in [-0.2, -0.15) is 14.8 Å². The first-order chi connectivity index (χ1) is 24.5. The summed E-state index contributed by atoms with van der Waals surface area (Å²) in [5, 5.41) is 23.1. The SMILES string of the molecule is COc1ccc(CN(CC2(C)CN(C(=O)OC(C)(C)C)c3c(C#N)cc(-c4ccnc(Nc5cc(C#N)ccc5C)n4)cc32)S(C)(=O)=O)c(OC)c1. The minimum atomic E-state index is -3.82. The molecule has 1 N–H and O–H groups in total. The van der Waals surface area contributed by atoms with Gasteiger partial charge in [0, 0.05) is 54.1 Å². The van der Waals surface area contributed by atoms with E-state index in [0.717, 1.165) is 11.8 Å². The fourth-order valence-electron chi connectivity index (χ4n) is 6.12. The van der Waals surface area contributed by atoms with Crippen LogP contribution in [0.15, 0.2) is 60.8 Å². The molecule has 270 valence electrons. The normalized spacial score (nSPS) is 15.4. The summed E-state index contributed by atoms with van der Waals surface area (Å²) in [6.07, 6.45) is 2.05. The minimum absolute atomic E-state index is 0.0263.